The first-order valence-electron chi connectivity index (χ1n) is 8.09. The minimum Gasteiger partial charge on any atom is -0.328 e. The number of anilines is 1. The van der Waals surface area contributed by atoms with Crippen molar-refractivity contribution in [3.8, 4) is 0 Å². The molecule has 0 aliphatic rings. The summed E-state index contributed by atoms with van der Waals surface area (Å²) in [5.41, 5.74) is 1.86. The number of nitrogens with one attached hydrogen (secondary N) is 2. The standard InChI is InChI=1S/C17H25N5OS/c1-6-12(3)24-14-7-8-15(11(2)9-14)20-17(23)19-13(4)16-21-18-10-22(16)5/h7-10,12-13H,6H2,1-5H3,(H2,19,20,23)/t12-,13+/m0/s1. The average Bonchev–Trinajstić information content (AvgIpc) is 2.96. The van der Waals surface area contributed by atoms with Crippen molar-refractivity contribution >= 4 is 23.5 Å². The number of thioether (sulfide) groups is 1. The highest BCUT2D eigenvalue weighted by molar-refractivity contribution is 7.99. The summed E-state index contributed by atoms with van der Waals surface area (Å²) in [7, 11) is 1.85. The molecule has 0 saturated heterocycles. The molecule has 0 saturated carbocycles. The normalized spacial score (nSPS) is 13.4. The third-order valence-electron chi connectivity index (χ3n) is 3.84. The molecule has 2 atom stereocenters. The number of aromatic nitrogens is 3. The van der Waals surface area contributed by atoms with Gasteiger partial charge in [-0.15, -0.1) is 22.0 Å². The van der Waals surface area contributed by atoms with Crippen LogP contribution in [-0.2, 0) is 7.05 Å². The number of benzene rings is 1. The van der Waals surface area contributed by atoms with E-state index in [1.807, 2.05) is 44.8 Å². The van der Waals surface area contributed by atoms with Crippen LogP contribution in [-0.4, -0.2) is 26.0 Å². The van der Waals surface area contributed by atoms with Crippen molar-refractivity contribution < 1.29 is 4.79 Å². The zero-order chi connectivity index (χ0) is 17.7. The van der Waals surface area contributed by atoms with Gasteiger partial charge < -0.3 is 15.2 Å². The van der Waals surface area contributed by atoms with Crippen molar-refractivity contribution in [1.82, 2.24) is 20.1 Å². The van der Waals surface area contributed by atoms with Crippen LogP contribution in [0.4, 0.5) is 10.5 Å². The predicted molar refractivity (Wildman–Crippen MR) is 98.4 cm³/mol. The monoisotopic (exact) mass is 347 g/mol. The lowest BCUT2D eigenvalue weighted by Gasteiger charge is -2.16. The quantitative estimate of drug-likeness (QED) is 0.778. The van der Waals surface area contributed by atoms with Gasteiger partial charge >= 0.3 is 6.03 Å². The van der Waals surface area contributed by atoms with Gasteiger partial charge in [0.2, 0.25) is 0 Å². The SMILES string of the molecule is CC[C@H](C)Sc1ccc(NC(=O)N[C@H](C)c2nncn2C)c(C)c1. The molecule has 6 nitrogen and oxygen atoms in total. The largest absolute Gasteiger partial charge is 0.328 e. The van der Waals surface area contributed by atoms with Crippen LogP contribution in [0.2, 0.25) is 0 Å². The number of carbonyl (C=O) groups excluding carboxylic acids is 1. The van der Waals surface area contributed by atoms with Crippen molar-refractivity contribution in [2.24, 2.45) is 7.05 Å². The first-order chi connectivity index (χ1) is 11.4. The molecule has 0 aliphatic carbocycles. The van der Waals surface area contributed by atoms with Gasteiger partial charge in [0.15, 0.2) is 5.82 Å². The number of hydrogen-bond donors (Lipinski definition) is 2. The number of rotatable bonds is 6. The molecule has 2 N–H and O–H groups in total. The Morgan fingerprint density at radius 2 is 2.12 bits per heavy atom. The fourth-order valence-corrected chi connectivity index (χ4v) is 3.29. The molecular formula is C17H25N5OS. The summed E-state index contributed by atoms with van der Waals surface area (Å²) in [5, 5.41) is 14.2. The molecule has 0 bridgehead atoms. The lowest BCUT2D eigenvalue weighted by Crippen LogP contribution is -2.32. The molecular weight excluding hydrogens is 322 g/mol. The Labute approximate surface area is 147 Å². The van der Waals surface area contributed by atoms with Gasteiger partial charge in [0.25, 0.3) is 0 Å². The fourth-order valence-electron chi connectivity index (χ4n) is 2.27. The van der Waals surface area contributed by atoms with Crippen molar-refractivity contribution in [3.05, 3.63) is 35.9 Å². The third kappa shape index (κ3) is 4.74. The topological polar surface area (TPSA) is 71.8 Å². The lowest BCUT2D eigenvalue weighted by atomic mass is 10.2. The summed E-state index contributed by atoms with van der Waals surface area (Å²) in [6, 6.07) is 5.63. The molecule has 0 aliphatic heterocycles. The first-order valence-corrected chi connectivity index (χ1v) is 8.97. The van der Waals surface area contributed by atoms with Crippen molar-refractivity contribution in [2.75, 3.05) is 5.32 Å². The second-order valence-corrected chi connectivity index (χ2v) is 7.45. The third-order valence-corrected chi connectivity index (χ3v) is 5.10. The van der Waals surface area contributed by atoms with E-state index in [9.17, 15) is 4.79 Å². The summed E-state index contributed by atoms with van der Waals surface area (Å²) in [6.07, 6.45) is 2.75. The molecule has 130 valence electrons. The van der Waals surface area contributed by atoms with E-state index >= 15 is 0 Å². The van der Waals surface area contributed by atoms with Gasteiger partial charge in [0.05, 0.1) is 6.04 Å². The van der Waals surface area contributed by atoms with E-state index in [0.717, 1.165) is 17.7 Å². The van der Waals surface area contributed by atoms with Crippen LogP contribution in [0.25, 0.3) is 0 Å². The maximum Gasteiger partial charge on any atom is 0.319 e. The van der Waals surface area contributed by atoms with E-state index in [0.29, 0.717) is 11.1 Å². The van der Waals surface area contributed by atoms with E-state index in [4.69, 9.17) is 0 Å². The second kappa shape index (κ2) is 8.19. The van der Waals surface area contributed by atoms with Gasteiger partial charge in [0.1, 0.15) is 6.33 Å². The van der Waals surface area contributed by atoms with E-state index in [-0.39, 0.29) is 12.1 Å². The highest BCUT2D eigenvalue weighted by Gasteiger charge is 2.15. The van der Waals surface area contributed by atoms with Crippen molar-refractivity contribution in [1.29, 1.82) is 0 Å². The van der Waals surface area contributed by atoms with Crippen LogP contribution >= 0.6 is 11.8 Å². The molecule has 0 fully saturated rings. The summed E-state index contributed by atoms with van der Waals surface area (Å²) >= 11 is 1.85. The van der Waals surface area contributed by atoms with Crippen LogP contribution in [0, 0.1) is 6.92 Å². The Kier molecular flexibility index (Phi) is 6.25. The number of amides is 2. The van der Waals surface area contributed by atoms with E-state index < -0.39 is 0 Å². The summed E-state index contributed by atoms with van der Waals surface area (Å²) in [4.78, 5) is 13.4. The number of hydrogen-bond acceptors (Lipinski definition) is 4. The molecule has 2 aromatic rings. The van der Waals surface area contributed by atoms with E-state index in [2.05, 4.69) is 40.7 Å². The van der Waals surface area contributed by atoms with Gasteiger partial charge in [-0.2, -0.15) is 0 Å². The number of aryl methyl sites for hydroxylation is 2. The Hall–Kier alpha value is -2.02. The van der Waals surface area contributed by atoms with Gasteiger partial charge in [-0.1, -0.05) is 13.8 Å². The molecule has 24 heavy (non-hydrogen) atoms. The van der Waals surface area contributed by atoms with Crippen molar-refractivity contribution in [3.63, 3.8) is 0 Å². The van der Waals surface area contributed by atoms with Crippen LogP contribution < -0.4 is 10.6 Å². The minimum absolute atomic E-state index is 0.224. The average molecular weight is 347 g/mol. The molecule has 1 aromatic heterocycles. The zero-order valence-electron chi connectivity index (χ0n) is 14.8. The molecule has 0 unspecified atom stereocenters. The number of carbonyl (C=O) groups is 1. The van der Waals surface area contributed by atoms with E-state index in [1.54, 1.807) is 10.9 Å². The zero-order valence-corrected chi connectivity index (χ0v) is 15.6. The van der Waals surface area contributed by atoms with Crippen LogP contribution in [0.5, 0.6) is 0 Å². The van der Waals surface area contributed by atoms with Gasteiger partial charge in [-0.3, -0.25) is 0 Å². The number of nitrogens with zero attached hydrogens (tertiary/aromatic N) is 3. The molecule has 1 aromatic carbocycles. The van der Waals surface area contributed by atoms with Gasteiger partial charge in [-0.25, -0.2) is 4.79 Å². The number of urea groups is 1. The first kappa shape index (κ1) is 18.3. The summed E-state index contributed by atoms with van der Waals surface area (Å²) in [5.74, 6) is 0.710. The molecule has 7 heteroatoms. The van der Waals surface area contributed by atoms with Crippen LogP contribution in [0.3, 0.4) is 0 Å². The van der Waals surface area contributed by atoms with Gasteiger partial charge in [-0.05, 0) is 44.0 Å². The summed E-state index contributed by atoms with van der Waals surface area (Å²) < 4.78 is 1.79. The lowest BCUT2D eigenvalue weighted by molar-refractivity contribution is 0.248. The molecule has 0 spiro atoms. The Morgan fingerprint density at radius 3 is 2.71 bits per heavy atom. The van der Waals surface area contributed by atoms with E-state index in [1.165, 1.54) is 4.90 Å². The fraction of sp³-hybridized carbons (Fsp3) is 0.471. The Balaban J connectivity index is 1.97. The maximum atomic E-state index is 12.2. The Bertz CT molecular complexity index is 700. The minimum atomic E-state index is -0.254. The van der Waals surface area contributed by atoms with Gasteiger partial charge in [0, 0.05) is 22.9 Å². The smallest absolute Gasteiger partial charge is 0.319 e. The molecule has 2 rings (SSSR count). The molecule has 2 amide bonds. The molecule has 0 radical (unpaired) electrons. The second-order valence-electron chi connectivity index (χ2n) is 5.93. The van der Waals surface area contributed by atoms with Crippen LogP contribution in [0.15, 0.2) is 29.4 Å². The maximum absolute atomic E-state index is 12.2. The van der Waals surface area contributed by atoms with Crippen molar-refractivity contribution in [2.45, 2.75) is 50.3 Å². The van der Waals surface area contributed by atoms with Crippen LogP contribution in [0.1, 0.15) is 44.6 Å². The summed E-state index contributed by atoms with van der Waals surface area (Å²) in [6.45, 7) is 8.28. The molecule has 1 heterocycles. The highest BCUT2D eigenvalue weighted by Crippen LogP contribution is 2.28. The predicted octanol–water partition coefficient (Wildman–Crippen LogP) is 3.90. The Morgan fingerprint density at radius 1 is 1.38 bits per heavy atom. The highest BCUT2D eigenvalue weighted by atomic mass is 32.2.